The summed E-state index contributed by atoms with van der Waals surface area (Å²) in [6.07, 6.45) is 3.47. The van der Waals surface area contributed by atoms with Crippen LogP contribution in [0, 0.1) is 49.2 Å². The number of carbonyl (C=O) groups excluding carboxylic acids is 3. The molecule has 6 atom stereocenters. The molecule has 11 heteroatoms. The summed E-state index contributed by atoms with van der Waals surface area (Å²) < 4.78 is 31.4. The predicted octanol–water partition coefficient (Wildman–Crippen LogP) is 7.97. The third-order valence-corrected chi connectivity index (χ3v) is 13.2. The second kappa shape index (κ2) is 21.0. The fraction of sp³-hybridized carbons (Fsp3) is 0.471. The van der Waals surface area contributed by atoms with E-state index in [1.54, 1.807) is 50.2 Å². The zero-order valence-corrected chi connectivity index (χ0v) is 37.2. The zero-order chi connectivity index (χ0) is 44.7. The number of likely N-dealkylation sites (tertiary alicyclic amines) is 2. The van der Waals surface area contributed by atoms with Crippen molar-refractivity contribution in [3.8, 4) is 11.5 Å². The number of piperidine rings is 2. The van der Waals surface area contributed by atoms with Gasteiger partial charge in [0.05, 0.1) is 0 Å². The molecule has 0 amide bonds. The maximum Gasteiger partial charge on any atom is 0.167 e. The van der Waals surface area contributed by atoms with Crippen LogP contribution in [0.2, 0.25) is 0 Å². The van der Waals surface area contributed by atoms with Gasteiger partial charge in [-0.25, -0.2) is 8.78 Å². The maximum absolute atomic E-state index is 16.2. The highest BCUT2D eigenvalue weighted by Gasteiger charge is 2.51. The van der Waals surface area contributed by atoms with E-state index in [1.807, 2.05) is 40.3 Å². The fourth-order valence-electron chi connectivity index (χ4n) is 10.1. The summed E-state index contributed by atoms with van der Waals surface area (Å²) in [5, 5.41) is 21.0. The van der Waals surface area contributed by atoms with Crippen LogP contribution in [0.1, 0.15) is 80.5 Å². The minimum absolute atomic E-state index is 0.0538. The first-order valence-electron chi connectivity index (χ1n) is 22.1. The van der Waals surface area contributed by atoms with E-state index in [9.17, 15) is 19.8 Å². The molecular formula is C51H64F2N4O5. The molecule has 0 bridgehead atoms. The van der Waals surface area contributed by atoms with E-state index in [4.69, 9.17) is 0 Å². The number of unbranched alkanes of at least 4 members (excludes halogenated alkanes) is 2. The van der Waals surface area contributed by atoms with Gasteiger partial charge in [-0.2, -0.15) is 0 Å². The van der Waals surface area contributed by atoms with Gasteiger partial charge in [0.1, 0.15) is 28.9 Å². The van der Waals surface area contributed by atoms with Crippen molar-refractivity contribution in [1.29, 1.82) is 0 Å². The van der Waals surface area contributed by atoms with Gasteiger partial charge in [0, 0.05) is 72.8 Å². The number of benzene rings is 4. The van der Waals surface area contributed by atoms with Crippen LogP contribution < -0.4 is 0 Å². The Morgan fingerprint density at radius 2 is 0.935 bits per heavy atom. The Hall–Kier alpha value is -4.81. The van der Waals surface area contributed by atoms with E-state index in [1.165, 1.54) is 36.4 Å². The normalized spacial score (nSPS) is 22.3. The molecule has 0 spiro atoms. The molecular weight excluding hydrogens is 787 g/mol. The number of rotatable bonds is 18. The number of hydrogen-bond donors (Lipinski definition) is 2. The molecule has 0 radical (unpaired) electrons. The van der Waals surface area contributed by atoms with Gasteiger partial charge in [-0.1, -0.05) is 48.5 Å². The molecule has 0 aliphatic carbocycles. The lowest BCUT2D eigenvalue weighted by Crippen LogP contribution is -2.56. The Labute approximate surface area is 366 Å². The van der Waals surface area contributed by atoms with Gasteiger partial charge in [-0.3, -0.25) is 14.4 Å². The van der Waals surface area contributed by atoms with E-state index in [0.717, 1.165) is 38.8 Å². The summed E-state index contributed by atoms with van der Waals surface area (Å²) in [5.74, 6) is -6.27. The van der Waals surface area contributed by atoms with Crippen molar-refractivity contribution < 1.29 is 33.4 Å². The van der Waals surface area contributed by atoms with Crippen LogP contribution in [-0.4, -0.2) is 128 Å². The molecule has 2 N–H and O–H groups in total. The average Bonchev–Trinajstić information content (AvgIpc) is 3.24. The van der Waals surface area contributed by atoms with E-state index in [0.29, 0.717) is 72.6 Å². The van der Waals surface area contributed by atoms with Gasteiger partial charge in [0.2, 0.25) is 0 Å². The van der Waals surface area contributed by atoms with Crippen molar-refractivity contribution in [2.45, 2.75) is 51.4 Å². The highest BCUT2D eigenvalue weighted by Crippen LogP contribution is 2.48. The molecule has 3 unspecified atom stereocenters. The molecule has 9 nitrogen and oxygen atoms in total. The number of carbonyl (C=O) groups is 3. The first-order chi connectivity index (χ1) is 29.6. The van der Waals surface area contributed by atoms with Crippen molar-refractivity contribution in [2.75, 3.05) is 80.5 Å². The Bertz CT molecular complexity index is 2040. The van der Waals surface area contributed by atoms with Gasteiger partial charge in [0.25, 0.3) is 0 Å². The van der Waals surface area contributed by atoms with Crippen LogP contribution in [0.4, 0.5) is 8.78 Å². The summed E-state index contributed by atoms with van der Waals surface area (Å²) in [6.45, 7) is 7.67. The lowest BCUT2D eigenvalue weighted by Gasteiger charge is -2.48. The summed E-state index contributed by atoms with van der Waals surface area (Å²) in [6, 6.07) is 22.2. The standard InChI is InChI=1S/C51H64F2N4O5/c1-33-39(19-13-21-45(33)52)47-41(49(60)35-15-11-17-37(58)27-35)29-56(25-9-7-23-54(3)4)31-43(47)51(62)44-32-57(26-10-8-24-55(5)6)30-42(50(61)36-16-12-18-38(59)28-36)48(44)40-20-14-22-46(53)34(40)2/h11-22,27-28,41-44,47-48,58-59H,7-10,23-26,29-32H2,1-6H3/t41-,42?,43+,44?,47-,48?/m1/s1. The fourth-order valence-corrected chi connectivity index (χ4v) is 10.1. The topological polar surface area (TPSA) is 105 Å². The number of nitrogens with zero attached hydrogens (tertiary/aromatic N) is 4. The number of Topliss-reactive ketones (excluding diaryl/α,β-unsaturated/α-hetero) is 3. The van der Waals surface area contributed by atoms with Gasteiger partial charge in [0.15, 0.2) is 11.6 Å². The van der Waals surface area contributed by atoms with Crippen molar-refractivity contribution in [2.24, 2.45) is 23.7 Å². The third-order valence-electron chi connectivity index (χ3n) is 13.2. The van der Waals surface area contributed by atoms with Crippen LogP contribution in [0.3, 0.4) is 0 Å². The van der Waals surface area contributed by atoms with Crippen LogP contribution >= 0.6 is 0 Å². The smallest absolute Gasteiger partial charge is 0.167 e. The van der Waals surface area contributed by atoms with Gasteiger partial charge < -0.3 is 29.8 Å². The van der Waals surface area contributed by atoms with Crippen LogP contribution in [-0.2, 0) is 4.79 Å². The van der Waals surface area contributed by atoms with E-state index < -0.39 is 47.1 Å². The molecule has 2 saturated heterocycles. The molecule has 2 aliphatic heterocycles. The lowest BCUT2D eigenvalue weighted by molar-refractivity contribution is -0.133. The Kier molecular flexibility index (Phi) is 15.8. The maximum atomic E-state index is 16.2. The minimum Gasteiger partial charge on any atom is -0.508 e. The zero-order valence-electron chi connectivity index (χ0n) is 37.2. The Balaban J connectivity index is 1.52. The summed E-state index contributed by atoms with van der Waals surface area (Å²) in [5.41, 5.74) is 2.50. The molecule has 4 aromatic carbocycles. The Morgan fingerprint density at radius 3 is 1.31 bits per heavy atom. The molecule has 332 valence electrons. The van der Waals surface area contributed by atoms with E-state index in [-0.39, 0.29) is 28.8 Å². The first kappa shape index (κ1) is 46.7. The number of aromatic hydroxyl groups is 2. The van der Waals surface area contributed by atoms with Crippen molar-refractivity contribution in [3.63, 3.8) is 0 Å². The Morgan fingerprint density at radius 1 is 0.565 bits per heavy atom. The number of ketones is 3. The second-order valence-electron chi connectivity index (χ2n) is 18.2. The SMILES string of the molecule is Cc1c(F)cccc1C1C(C(=O)c2cccc(O)c2)CN(CCCCN(C)C)CC1C(=O)[C@H]1CN(CCCCN(C)C)C[C@@H](C(=O)c2cccc(O)c2)[C@H]1c1cccc(F)c1C. The number of halogens is 2. The van der Waals surface area contributed by atoms with Gasteiger partial charge in [-0.15, -0.1) is 0 Å². The predicted molar refractivity (Wildman–Crippen MR) is 240 cm³/mol. The molecule has 2 heterocycles. The number of phenolic OH excluding ortho intramolecular Hbond substituents is 2. The van der Waals surface area contributed by atoms with Crippen molar-refractivity contribution in [1.82, 2.24) is 19.6 Å². The molecule has 62 heavy (non-hydrogen) atoms. The molecule has 0 aromatic heterocycles. The minimum atomic E-state index is -0.809. The summed E-state index contributed by atoms with van der Waals surface area (Å²) >= 11 is 0. The van der Waals surface area contributed by atoms with Crippen LogP contribution in [0.25, 0.3) is 0 Å². The van der Waals surface area contributed by atoms with Crippen molar-refractivity contribution in [3.05, 3.63) is 130 Å². The highest BCUT2D eigenvalue weighted by molar-refractivity contribution is 6.01. The summed E-state index contributed by atoms with van der Waals surface area (Å²) in [4.78, 5) is 54.7. The van der Waals surface area contributed by atoms with Crippen LogP contribution in [0.5, 0.6) is 11.5 Å². The highest BCUT2D eigenvalue weighted by atomic mass is 19.1. The first-order valence-corrected chi connectivity index (χ1v) is 22.1. The van der Waals surface area contributed by atoms with Gasteiger partial charge >= 0.3 is 0 Å². The lowest BCUT2D eigenvalue weighted by atomic mass is 9.62. The van der Waals surface area contributed by atoms with E-state index >= 15 is 13.6 Å². The molecule has 2 fully saturated rings. The average molecular weight is 851 g/mol. The second-order valence-corrected chi connectivity index (χ2v) is 18.2. The summed E-state index contributed by atoms with van der Waals surface area (Å²) in [7, 11) is 8.10. The molecule has 0 saturated carbocycles. The van der Waals surface area contributed by atoms with Gasteiger partial charge in [-0.05, 0) is 153 Å². The molecule has 2 aliphatic rings. The largest absolute Gasteiger partial charge is 0.508 e. The molecule has 6 rings (SSSR count). The van der Waals surface area contributed by atoms with Crippen molar-refractivity contribution >= 4 is 17.3 Å². The van der Waals surface area contributed by atoms with E-state index in [2.05, 4.69) is 19.6 Å². The third kappa shape index (κ3) is 11.0. The van der Waals surface area contributed by atoms with Crippen LogP contribution in [0.15, 0.2) is 84.9 Å². The number of hydrogen-bond acceptors (Lipinski definition) is 9. The number of phenols is 2. The monoisotopic (exact) mass is 850 g/mol. The molecule has 4 aromatic rings. The quantitative estimate of drug-likeness (QED) is 0.0763.